The first kappa shape index (κ1) is 26.8. The average molecular weight is 525 g/mol. The van der Waals surface area contributed by atoms with Gasteiger partial charge in [-0.15, -0.1) is 0 Å². The van der Waals surface area contributed by atoms with Crippen LogP contribution in [0.1, 0.15) is 37.2 Å². The van der Waals surface area contributed by atoms with E-state index in [0.29, 0.717) is 5.82 Å². The van der Waals surface area contributed by atoms with Crippen molar-refractivity contribution in [3.63, 3.8) is 0 Å². The Kier molecular flexibility index (Phi) is 7.48. The van der Waals surface area contributed by atoms with Gasteiger partial charge in [0.1, 0.15) is 23.9 Å². The summed E-state index contributed by atoms with van der Waals surface area (Å²) in [5, 5.41) is 9.20. The maximum absolute atomic E-state index is 14.0. The van der Waals surface area contributed by atoms with Gasteiger partial charge in [0.25, 0.3) is 0 Å². The largest absolute Gasteiger partial charge is 0.488 e. The van der Waals surface area contributed by atoms with Crippen molar-refractivity contribution in [1.82, 2.24) is 9.97 Å². The van der Waals surface area contributed by atoms with E-state index in [4.69, 9.17) is 9.47 Å². The van der Waals surface area contributed by atoms with Crippen molar-refractivity contribution < 1.29 is 32.5 Å². The Hall–Kier alpha value is -4.27. The van der Waals surface area contributed by atoms with E-state index in [9.17, 15) is 23.1 Å². The second-order valence-electron chi connectivity index (χ2n) is 9.48. The molecule has 0 aliphatic carbocycles. The number of carbonyl (C=O) groups is 1. The lowest BCUT2D eigenvalue weighted by Gasteiger charge is -2.19. The van der Waals surface area contributed by atoms with Crippen molar-refractivity contribution in [3.05, 3.63) is 89.7 Å². The minimum Gasteiger partial charge on any atom is -0.488 e. The Bertz CT molecular complexity index is 1410. The molecule has 9 heteroatoms. The number of alkyl halides is 3. The zero-order valence-electron chi connectivity index (χ0n) is 21.1. The minimum atomic E-state index is -4.68. The normalized spacial score (nSPS) is 11.8. The van der Waals surface area contributed by atoms with Crippen molar-refractivity contribution >= 4 is 5.97 Å². The summed E-state index contributed by atoms with van der Waals surface area (Å²) < 4.78 is 53.0. The number of halogens is 3. The number of nitrogens with one attached hydrogen (secondary N) is 1. The van der Waals surface area contributed by atoms with Crippen LogP contribution in [-0.2, 0) is 23.0 Å². The standard InChI is InChI=1S/C29H27F3N2O4/c1-28(2,16-24(35)36)27-33-25(26(34-27)37-3)21-13-14-23(22(15-21)29(30,31)32)38-17-18-9-11-20(12-10-18)19-7-5-4-6-8-19/h4-15H,16-17H2,1-3H3,(H,33,34)(H,35,36). The molecule has 0 saturated carbocycles. The molecule has 0 atom stereocenters. The molecule has 0 unspecified atom stereocenters. The molecule has 38 heavy (non-hydrogen) atoms. The van der Waals surface area contributed by atoms with E-state index in [1.54, 1.807) is 13.8 Å². The van der Waals surface area contributed by atoms with Gasteiger partial charge in [-0.2, -0.15) is 18.2 Å². The monoisotopic (exact) mass is 524 g/mol. The lowest BCUT2D eigenvalue weighted by Crippen LogP contribution is -2.23. The summed E-state index contributed by atoms with van der Waals surface area (Å²) in [6.07, 6.45) is -4.91. The molecule has 0 spiro atoms. The molecule has 1 aromatic heterocycles. The van der Waals surface area contributed by atoms with Gasteiger partial charge in [-0.3, -0.25) is 4.79 Å². The van der Waals surface area contributed by atoms with Crippen molar-refractivity contribution in [2.75, 3.05) is 7.11 Å². The number of hydrogen-bond donors (Lipinski definition) is 2. The number of imidazole rings is 1. The van der Waals surface area contributed by atoms with Gasteiger partial charge >= 0.3 is 12.1 Å². The maximum Gasteiger partial charge on any atom is 0.419 e. The summed E-state index contributed by atoms with van der Waals surface area (Å²) in [6, 6.07) is 20.9. The number of methoxy groups -OCH3 is 1. The molecule has 6 nitrogen and oxygen atoms in total. The number of benzene rings is 3. The molecule has 4 rings (SSSR count). The topological polar surface area (TPSA) is 84.4 Å². The Labute approximate surface area is 218 Å². The molecule has 4 aromatic rings. The number of nitrogens with zero attached hydrogens (tertiary/aromatic N) is 1. The average Bonchev–Trinajstić information content (AvgIpc) is 3.33. The van der Waals surface area contributed by atoms with Crippen LogP contribution in [0.4, 0.5) is 13.2 Å². The zero-order chi connectivity index (χ0) is 27.5. The van der Waals surface area contributed by atoms with E-state index in [-0.39, 0.29) is 35.9 Å². The van der Waals surface area contributed by atoms with Crippen LogP contribution in [0.2, 0.25) is 0 Å². The van der Waals surface area contributed by atoms with E-state index >= 15 is 0 Å². The van der Waals surface area contributed by atoms with Gasteiger partial charge in [0.2, 0.25) is 5.88 Å². The van der Waals surface area contributed by atoms with E-state index in [1.165, 1.54) is 19.2 Å². The first-order chi connectivity index (χ1) is 18.0. The fourth-order valence-corrected chi connectivity index (χ4v) is 4.10. The Balaban J connectivity index is 1.60. The number of hydrogen-bond acceptors (Lipinski definition) is 4. The summed E-state index contributed by atoms with van der Waals surface area (Å²) in [5.41, 5.74) is 1.31. The van der Waals surface area contributed by atoms with Crippen LogP contribution >= 0.6 is 0 Å². The Morgan fingerprint density at radius 2 is 1.58 bits per heavy atom. The van der Waals surface area contributed by atoms with Gasteiger partial charge in [0, 0.05) is 11.0 Å². The highest BCUT2D eigenvalue weighted by Crippen LogP contribution is 2.41. The van der Waals surface area contributed by atoms with Gasteiger partial charge in [-0.1, -0.05) is 68.4 Å². The number of carboxylic acids is 1. The van der Waals surface area contributed by atoms with E-state index in [0.717, 1.165) is 22.8 Å². The van der Waals surface area contributed by atoms with Crippen molar-refractivity contribution in [2.45, 2.75) is 38.5 Å². The number of aromatic amines is 1. The SMILES string of the molecule is COc1nc(C(C)(C)CC(=O)O)[nH]c1-c1ccc(OCc2ccc(-c3ccccc3)cc2)c(C(F)(F)F)c1. The highest BCUT2D eigenvalue weighted by molar-refractivity contribution is 5.70. The third-order valence-electron chi connectivity index (χ3n) is 6.13. The molecule has 0 saturated heterocycles. The van der Waals surface area contributed by atoms with Crippen LogP contribution in [0.5, 0.6) is 11.6 Å². The molecule has 0 radical (unpaired) electrons. The van der Waals surface area contributed by atoms with Crippen LogP contribution < -0.4 is 9.47 Å². The van der Waals surface area contributed by atoms with Gasteiger partial charge in [-0.05, 0) is 34.9 Å². The van der Waals surface area contributed by atoms with Gasteiger partial charge in [0.05, 0.1) is 19.1 Å². The van der Waals surface area contributed by atoms with Crippen LogP contribution in [0.15, 0.2) is 72.8 Å². The minimum absolute atomic E-state index is 0.0433. The third-order valence-corrected chi connectivity index (χ3v) is 6.13. The van der Waals surface area contributed by atoms with E-state index < -0.39 is 23.1 Å². The van der Waals surface area contributed by atoms with Crippen LogP contribution in [-0.4, -0.2) is 28.2 Å². The molecule has 0 amide bonds. The number of H-pyrrole nitrogens is 1. The van der Waals surface area contributed by atoms with Gasteiger partial charge in [-0.25, -0.2) is 0 Å². The number of rotatable bonds is 9. The van der Waals surface area contributed by atoms with Crippen molar-refractivity contribution in [3.8, 4) is 34.0 Å². The molecule has 0 aliphatic rings. The molecular weight excluding hydrogens is 497 g/mol. The van der Waals surface area contributed by atoms with Gasteiger partial charge < -0.3 is 19.6 Å². The zero-order valence-corrected chi connectivity index (χ0v) is 21.1. The fraction of sp³-hybridized carbons (Fsp3) is 0.241. The predicted molar refractivity (Wildman–Crippen MR) is 137 cm³/mol. The summed E-state index contributed by atoms with van der Waals surface area (Å²) in [6.45, 7) is 3.31. The van der Waals surface area contributed by atoms with Crippen LogP contribution in [0.3, 0.4) is 0 Å². The number of aromatic nitrogens is 2. The van der Waals surface area contributed by atoms with E-state index in [1.807, 2.05) is 54.6 Å². The first-order valence-corrected chi connectivity index (χ1v) is 11.8. The highest BCUT2D eigenvalue weighted by Gasteiger charge is 2.36. The Morgan fingerprint density at radius 1 is 0.947 bits per heavy atom. The molecule has 3 aromatic carbocycles. The molecule has 2 N–H and O–H groups in total. The molecular formula is C29H27F3N2O4. The van der Waals surface area contributed by atoms with Crippen LogP contribution in [0.25, 0.3) is 22.4 Å². The molecule has 0 bridgehead atoms. The fourth-order valence-electron chi connectivity index (χ4n) is 4.10. The number of carboxylic acid groups (broad SMARTS) is 1. The third kappa shape index (κ3) is 5.99. The molecule has 0 fully saturated rings. The lowest BCUT2D eigenvalue weighted by atomic mass is 9.88. The van der Waals surface area contributed by atoms with Crippen LogP contribution in [0, 0.1) is 0 Å². The second-order valence-corrected chi connectivity index (χ2v) is 9.48. The number of aliphatic carboxylic acids is 1. The predicted octanol–water partition coefficient (Wildman–Crippen LogP) is 7.10. The Morgan fingerprint density at radius 3 is 2.18 bits per heavy atom. The van der Waals surface area contributed by atoms with Crippen molar-refractivity contribution in [2.24, 2.45) is 0 Å². The summed E-state index contributed by atoms with van der Waals surface area (Å²) in [7, 11) is 1.35. The summed E-state index contributed by atoms with van der Waals surface area (Å²) >= 11 is 0. The summed E-state index contributed by atoms with van der Waals surface area (Å²) in [4.78, 5) is 18.5. The summed E-state index contributed by atoms with van der Waals surface area (Å²) in [5.74, 6) is -0.973. The maximum atomic E-state index is 14.0. The second kappa shape index (κ2) is 10.6. The van der Waals surface area contributed by atoms with Gasteiger partial charge in [0.15, 0.2) is 0 Å². The highest BCUT2D eigenvalue weighted by atomic mass is 19.4. The molecule has 0 aliphatic heterocycles. The molecule has 198 valence electrons. The van der Waals surface area contributed by atoms with Crippen molar-refractivity contribution in [1.29, 1.82) is 0 Å². The first-order valence-electron chi connectivity index (χ1n) is 11.8. The quantitative estimate of drug-likeness (QED) is 0.244. The van der Waals surface area contributed by atoms with E-state index in [2.05, 4.69) is 9.97 Å². The lowest BCUT2D eigenvalue weighted by molar-refractivity contribution is -0.139. The smallest absolute Gasteiger partial charge is 0.419 e. The molecule has 1 heterocycles. The number of ether oxygens (including phenoxy) is 2.